The summed E-state index contributed by atoms with van der Waals surface area (Å²) in [6, 6.07) is 0. The molecule has 6 nitrogen and oxygen atoms in total. The highest BCUT2D eigenvalue weighted by Crippen LogP contribution is 1.86. The van der Waals surface area contributed by atoms with E-state index in [0.29, 0.717) is 19.8 Å². The maximum Gasteiger partial charge on any atom is 0.331 e. The van der Waals surface area contributed by atoms with Crippen molar-refractivity contribution in [2.45, 2.75) is 13.3 Å². The van der Waals surface area contributed by atoms with Gasteiger partial charge < -0.3 is 18.9 Å². The first kappa shape index (κ1) is 16.6. The van der Waals surface area contributed by atoms with Gasteiger partial charge in [0.15, 0.2) is 0 Å². The predicted octanol–water partition coefficient (Wildman–Crippen LogP) is 0.702. The third-order valence-corrected chi connectivity index (χ3v) is 1.75. The number of methoxy groups -OCH3 is 1. The Kier molecular flexibility index (Phi) is 11.1. The van der Waals surface area contributed by atoms with Crippen LogP contribution in [0.25, 0.3) is 0 Å². The Morgan fingerprint density at radius 1 is 0.889 bits per heavy atom. The van der Waals surface area contributed by atoms with Crippen molar-refractivity contribution in [3.05, 3.63) is 12.2 Å². The SMILES string of the molecule is CCCOCCOCCOC(=O)/C=C/C(=O)OC. The fraction of sp³-hybridized carbons (Fsp3) is 0.667. The molecule has 0 aliphatic heterocycles. The van der Waals surface area contributed by atoms with Crippen LogP contribution in [0, 0.1) is 0 Å². The molecule has 0 fully saturated rings. The maximum absolute atomic E-state index is 11.0. The summed E-state index contributed by atoms with van der Waals surface area (Å²) in [5.74, 6) is -1.21. The van der Waals surface area contributed by atoms with Crippen molar-refractivity contribution in [2.24, 2.45) is 0 Å². The number of hydrogen-bond acceptors (Lipinski definition) is 6. The van der Waals surface area contributed by atoms with Crippen molar-refractivity contribution in [2.75, 3.05) is 40.1 Å². The second-order valence-electron chi connectivity index (χ2n) is 3.25. The molecule has 0 saturated heterocycles. The largest absolute Gasteiger partial charge is 0.466 e. The van der Waals surface area contributed by atoms with Gasteiger partial charge in [-0.05, 0) is 6.42 Å². The molecule has 0 heterocycles. The van der Waals surface area contributed by atoms with Crippen molar-refractivity contribution in [3.63, 3.8) is 0 Å². The van der Waals surface area contributed by atoms with Crippen LogP contribution in [0.3, 0.4) is 0 Å². The molecule has 0 rings (SSSR count). The van der Waals surface area contributed by atoms with Crippen molar-refractivity contribution >= 4 is 11.9 Å². The lowest BCUT2D eigenvalue weighted by atomic mass is 10.5. The molecule has 18 heavy (non-hydrogen) atoms. The lowest BCUT2D eigenvalue weighted by Crippen LogP contribution is -2.12. The monoisotopic (exact) mass is 260 g/mol. The summed E-state index contributed by atoms with van der Waals surface area (Å²) >= 11 is 0. The molecule has 0 atom stereocenters. The van der Waals surface area contributed by atoms with E-state index in [4.69, 9.17) is 14.2 Å². The van der Waals surface area contributed by atoms with E-state index in [1.165, 1.54) is 7.11 Å². The van der Waals surface area contributed by atoms with Gasteiger partial charge in [0.1, 0.15) is 6.61 Å². The highest BCUT2D eigenvalue weighted by Gasteiger charge is 1.99. The zero-order chi connectivity index (χ0) is 13.6. The van der Waals surface area contributed by atoms with E-state index >= 15 is 0 Å². The van der Waals surface area contributed by atoms with Gasteiger partial charge in [0.05, 0.1) is 26.9 Å². The smallest absolute Gasteiger partial charge is 0.331 e. The standard InChI is InChI=1S/C12H20O6/c1-3-6-16-7-8-17-9-10-18-12(14)5-4-11(13)15-2/h4-5H,3,6-10H2,1-2H3/b5-4+. The topological polar surface area (TPSA) is 71.1 Å². The Bertz CT molecular complexity index is 261. The Morgan fingerprint density at radius 2 is 1.44 bits per heavy atom. The van der Waals surface area contributed by atoms with Gasteiger partial charge in [0, 0.05) is 18.8 Å². The molecule has 0 N–H and O–H groups in total. The van der Waals surface area contributed by atoms with Gasteiger partial charge in [0.25, 0.3) is 0 Å². The van der Waals surface area contributed by atoms with Crippen LogP contribution in [-0.2, 0) is 28.5 Å². The number of esters is 2. The molecule has 0 bridgehead atoms. The lowest BCUT2D eigenvalue weighted by molar-refractivity contribution is -0.140. The van der Waals surface area contributed by atoms with Gasteiger partial charge in [-0.3, -0.25) is 0 Å². The fourth-order valence-corrected chi connectivity index (χ4v) is 0.920. The van der Waals surface area contributed by atoms with Crippen LogP contribution in [0.1, 0.15) is 13.3 Å². The van der Waals surface area contributed by atoms with E-state index < -0.39 is 11.9 Å². The Hall–Kier alpha value is -1.40. The second-order valence-corrected chi connectivity index (χ2v) is 3.25. The Morgan fingerprint density at radius 3 is 2.06 bits per heavy atom. The molecule has 0 aromatic rings. The van der Waals surface area contributed by atoms with E-state index in [1.54, 1.807) is 0 Å². The lowest BCUT2D eigenvalue weighted by Gasteiger charge is -2.05. The van der Waals surface area contributed by atoms with Crippen LogP contribution >= 0.6 is 0 Å². The van der Waals surface area contributed by atoms with E-state index in [2.05, 4.69) is 4.74 Å². The number of ether oxygens (including phenoxy) is 4. The minimum atomic E-state index is -0.605. The van der Waals surface area contributed by atoms with Gasteiger partial charge >= 0.3 is 11.9 Å². The summed E-state index contributed by atoms with van der Waals surface area (Å²) in [6.07, 6.45) is 2.99. The first-order chi connectivity index (χ1) is 8.70. The third-order valence-electron chi connectivity index (χ3n) is 1.75. The minimum Gasteiger partial charge on any atom is -0.466 e. The molecular weight excluding hydrogens is 240 g/mol. The summed E-state index contributed by atoms with van der Waals surface area (Å²) in [5, 5.41) is 0. The molecule has 0 radical (unpaired) electrons. The van der Waals surface area contributed by atoms with Gasteiger partial charge in [-0.15, -0.1) is 0 Å². The van der Waals surface area contributed by atoms with E-state index in [-0.39, 0.29) is 6.61 Å². The minimum absolute atomic E-state index is 0.137. The molecule has 6 heteroatoms. The Balaban J connectivity index is 3.35. The third kappa shape index (κ3) is 11.1. The van der Waals surface area contributed by atoms with Gasteiger partial charge in [-0.1, -0.05) is 6.92 Å². The summed E-state index contributed by atoms with van der Waals surface area (Å²) in [7, 11) is 1.23. The molecule has 0 unspecified atom stereocenters. The number of carbonyl (C=O) groups excluding carboxylic acids is 2. The van der Waals surface area contributed by atoms with Crippen LogP contribution < -0.4 is 0 Å². The van der Waals surface area contributed by atoms with Gasteiger partial charge in [0.2, 0.25) is 0 Å². The normalized spacial score (nSPS) is 10.6. The van der Waals surface area contributed by atoms with Crippen LogP contribution in [0.15, 0.2) is 12.2 Å². The average molecular weight is 260 g/mol. The van der Waals surface area contributed by atoms with E-state index in [9.17, 15) is 9.59 Å². The van der Waals surface area contributed by atoms with Crippen LogP contribution in [-0.4, -0.2) is 52.1 Å². The number of rotatable bonds is 10. The van der Waals surface area contributed by atoms with E-state index in [1.807, 2.05) is 6.92 Å². The van der Waals surface area contributed by atoms with Crippen LogP contribution in [0.2, 0.25) is 0 Å². The molecule has 0 aromatic heterocycles. The first-order valence-corrected chi connectivity index (χ1v) is 5.79. The summed E-state index contributed by atoms with van der Waals surface area (Å²) in [5.41, 5.74) is 0. The van der Waals surface area contributed by atoms with Crippen LogP contribution in [0.5, 0.6) is 0 Å². The fourth-order valence-electron chi connectivity index (χ4n) is 0.920. The van der Waals surface area contributed by atoms with Crippen LogP contribution in [0.4, 0.5) is 0 Å². The summed E-state index contributed by atoms with van der Waals surface area (Å²) < 4.78 is 19.4. The van der Waals surface area contributed by atoms with Gasteiger partial charge in [-0.2, -0.15) is 0 Å². The molecule has 0 aromatic carbocycles. The van der Waals surface area contributed by atoms with Crippen molar-refractivity contribution in [1.82, 2.24) is 0 Å². The van der Waals surface area contributed by atoms with Crippen molar-refractivity contribution < 1.29 is 28.5 Å². The highest BCUT2D eigenvalue weighted by atomic mass is 16.6. The first-order valence-electron chi connectivity index (χ1n) is 5.79. The molecule has 0 aliphatic rings. The molecule has 0 saturated carbocycles. The van der Waals surface area contributed by atoms with E-state index in [0.717, 1.165) is 25.2 Å². The number of carbonyl (C=O) groups is 2. The van der Waals surface area contributed by atoms with Crippen molar-refractivity contribution in [1.29, 1.82) is 0 Å². The predicted molar refractivity (Wildman–Crippen MR) is 64.0 cm³/mol. The maximum atomic E-state index is 11.0. The molecule has 0 spiro atoms. The quantitative estimate of drug-likeness (QED) is 0.327. The number of hydrogen-bond donors (Lipinski definition) is 0. The van der Waals surface area contributed by atoms with Crippen molar-refractivity contribution in [3.8, 4) is 0 Å². The zero-order valence-electron chi connectivity index (χ0n) is 10.8. The molecule has 0 aliphatic carbocycles. The summed E-state index contributed by atoms with van der Waals surface area (Å²) in [4.78, 5) is 21.7. The zero-order valence-corrected chi connectivity index (χ0v) is 10.8. The average Bonchev–Trinajstić information content (AvgIpc) is 2.39. The Labute approximate surface area is 107 Å². The molecule has 104 valence electrons. The second kappa shape index (κ2) is 12.1. The summed E-state index contributed by atoms with van der Waals surface area (Å²) in [6.45, 7) is 4.18. The highest BCUT2D eigenvalue weighted by molar-refractivity contribution is 5.91. The molecule has 0 amide bonds. The molecular formula is C12H20O6. The van der Waals surface area contributed by atoms with Gasteiger partial charge in [-0.25, -0.2) is 9.59 Å².